The predicted octanol–water partition coefficient (Wildman–Crippen LogP) is 1.78. The van der Waals surface area contributed by atoms with E-state index in [1.165, 1.54) is 5.56 Å². The molecule has 1 heterocycles. The molecule has 1 fully saturated rings. The fourth-order valence-electron chi connectivity index (χ4n) is 2.48. The van der Waals surface area contributed by atoms with Crippen molar-refractivity contribution >= 4 is 10.8 Å². The lowest BCUT2D eigenvalue weighted by Crippen LogP contribution is -2.42. The van der Waals surface area contributed by atoms with Gasteiger partial charge in [-0.1, -0.05) is 30.3 Å². The highest BCUT2D eigenvalue weighted by atomic mass is 16.3. The van der Waals surface area contributed by atoms with E-state index in [0.717, 1.165) is 30.4 Å². The van der Waals surface area contributed by atoms with Crippen molar-refractivity contribution in [2.45, 2.75) is 6.04 Å². The van der Waals surface area contributed by atoms with Crippen molar-refractivity contribution in [2.24, 2.45) is 0 Å². The molecule has 3 heteroatoms. The maximum absolute atomic E-state index is 9.86. The minimum atomic E-state index is 0.328. The minimum absolute atomic E-state index is 0.328. The van der Waals surface area contributed by atoms with Crippen molar-refractivity contribution in [1.82, 2.24) is 10.6 Å². The molecule has 1 atom stereocenters. The van der Waals surface area contributed by atoms with Gasteiger partial charge in [0.05, 0.1) is 0 Å². The van der Waals surface area contributed by atoms with Crippen LogP contribution in [0.2, 0.25) is 0 Å². The molecule has 0 bridgehead atoms. The second kappa shape index (κ2) is 4.35. The predicted molar refractivity (Wildman–Crippen MR) is 69.2 cm³/mol. The Morgan fingerprint density at radius 3 is 2.59 bits per heavy atom. The van der Waals surface area contributed by atoms with Crippen LogP contribution in [0.25, 0.3) is 10.8 Å². The first-order valence-corrected chi connectivity index (χ1v) is 6.01. The molecule has 0 unspecified atom stereocenters. The monoisotopic (exact) mass is 228 g/mol. The summed E-state index contributed by atoms with van der Waals surface area (Å²) in [6.07, 6.45) is 0. The SMILES string of the molecule is Oc1ccc([C@H]2CNCCN2)c2ccccc12. The van der Waals surface area contributed by atoms with Crippen LogP contribution in [0.5, 0.6) is 5.75 Å². The molecule has 1 saturated heterocycles. The highest BCUT2D eigenvalue weighted by Crippen LogP contribution is 2.30. The molecule has 17 heavy (non-hydrogen) atoms. The Hall–Kier alpha value is -1.58. The number of hydrogen-bond acceptors (Lipinski definition) is 3. The summed E-state index contributed by atoms with van der Waals surface area (Å²) in [5.41, 5.74) is 1.26. The first-order chi connectivity index (χ1) is 8.36. The van der Waals surface area contributed by atoms with Crippen molar-refractivity contribution in [2.75, 3.05) is 19.6 Å². The van der Waals surface area contributed by atoms with Crippen LogP contribution in [0.3, 0.4) is 0 Å². The van der Waals surface area contributed by atoms with Gasteiger partial charge in [0, 0.05) is 31.1 Å². The van der Waals surface area contributed by atoms with E-state index in [0.29, 0.717) is 11.8 Å². The Balaban J connectivity index is 2.12. The lowest BCUT2D eigenvalue weighted by Gasteiger charge is -2.26. The molecule has 3 N–H and O–H groups in total. The van der Waals surface area contributed by atoms with Crippen LogP contribution in [0.15, 0.2) is 36.4 Å². The van der Waals surface area contributed by atoms with Crippen LogP contribution in [0.1, 0.15) is 11.6 Å². The molecule has 2 aromatic carbocycles. The van der Waals surface area contributed by atoms with Gasteiger partial charge in [0.2, 0.25) is 0 Å². The molecule has 2 aromatic rings. The summed E-state index contributed by atoms with van der Waals surface area (Å²) in [7, 11) is 0. The Morgan fingerprint density at radius 2 is 1.82 bits per heavy atom. The van der Waals surface area contributed by atoms with E-state index in [-0.39, 0.29) is 0 Å². The van der Waals surface area contributed by atoms with Crippen molar-refractivity contribution in [3.63, 3.8) is 0 Å². The summed E-state index contributed by atoms with van der Waals surface area (Å²) in [5.74, 6) is 0.355. The van der Waals surface area contributed by atoms with Gasteiger partial charge in [0.1, 0.15) is 5.75 Å². The van der Waals surface area contributed by atoms with E-state index >= 15 is 0 Å². The first-order valence-electron chi connectivity index (χ1n) is 6.01. The Kier molecular flexibility index (Phi) is 2.71. The maximum Gasteiger partial charge on any atom is 0.123 e. The number of phenolic OH excluding ortho intramolecular Hbond substituents is 1. The number of benzene rings is 2. The molecule has 0 saturated carbocycles. The molecule has 0 aromatic heterocycles. The average Bonchev–Trinajstić information content (AvgIpc) is 2.41. The lowest BCUT2D eigenvalue weighted by molar-refractivity contribution is 0.431. The normalized spacial score (nSPS) is 20.6. The highest BCUT2D eigenvalue weighted by Gasteiger charge is 2.17. The van der Waals surface area contributed by atoms with Gasteiger partial charge < -0.3 is 15.7 Å². The number of aromatic hydroxyl groups is 1. The number of phenols is 1. The second-order valence-electron chi connectivity index (χ2n) is 4.43. The zero-order chi connectivity index (χ0) is 11.7. The van der Waals surface area contributed by atoms with Gasteiger partial charge in [-0.2, -0.15) is 0 Å². The van der Waals surface area contributed by atoms with Gasteiger partial charge in [-0.05, 0) is 17.0 Å². The van der Waals surface area contributed by atoms with E-state index in [1.807, 2.05) is 24.3 Å². The van der Waals surface area contributed by atoms with Crippen LogP contribution in [0, 0.1) is 0 Å². The van der Waals surface area contributed by atoms with Crippen molar-refractivity contribution in [3.8, 4) is 5.75 Å². The summed E-state index contributed by atoms with van der Waals surface area (Å²) in [6, 6.07) is 12.1. The molecule has 0 spiro atoms. The summed E-state index contributed by atoms with van der Waals surface area (Å²) in [5, 5.41) is 18.8. The third-order valence-corrected chi connectivity index (χ3v) is 3.35. The quantitative estimate of drug-likeness (QED) is 0.697. The molecule has 3 rings (SSSR count). The fraction of sp³-hybridized carbons (Fsp3) is 0.286. The Bertz CT molecular complexity index is 533. The van der Waals surface area contributed by atoms with E-state index in [1.54, 1.807) is 6.07 Å². The van der Waals surface area contributed by atoms with Crippen LogP contribution in [-0.4, -0.2) is 24.7 Å². The number of fused-ring (bicyclic) bond motifs is 1. The molecule has 1 aliphatic heterocycles. The molecule has 0 aliphatic carbocycles. The largest absolute Gasteiger partial charge is 0.507 e. The standard InChI is InChI=1S/C14H16N2O/c17-14-6-5-11(13-9-15-7-8-16-13)10-3-1-2-4-12(10)14/h1-6,13,15-17H,7-9H2/t13-/m1/s1. The van der Waals surface area contributed by atoms with Crippen LogP contribution < -0.4 is 10.6 Å². The average molecular weight is 228 g/mol. The van der Waals surface area contributed by atoms with Crippen LogP contribution in [-0.2, 0) is 0 Å². The number of hydrogen-bond donors (Lipinski definition) is 3. The van der Waals surface area contributed by atoms with Gasteiger partial charge in [-0.3, -0.25) is 0 Å². The summed E-state index contributed by atoms with van der Waals surface area (Å²) in [6.45, 7) is 2.95. The zero-order valence-corrected chi connectivity index (χ0v) is 9.61. The molecule has 0 radical (unpaired) electrons. The number of rotatable bonds is 1. The van der Waals surface area contributed by atoms with Crippen LogP contribution in [0.4, 0.5) is 0 Å². The fourth-order valence-corrected chi connectivity index (χ4v) is 2.48. The lowest BCUT2D eigenvalue weighted by atomic mass is 9.97. The van der Waals surface area contributed by atoms with E-state index in [4.69, 9.17) is 0 Å². The summed E-state index contributed by atoms with van der Waals surface area (Å²) < 4.78 is 0. The highest BCUT2D eigenvalue weighted by molar-refractivity contribution is 5.91. The van der Waals surface area contributed by atoms with E-state index in [2.05, 4.69) is 16.7 Å². The molecule has 88 valence electrons. The van der Waals surface area contributed by atoms with E-state index in [9.17, 15) is 5.11 Å². The second-order valence-corrected chi connectivity index (χ2v) is 4.43. The molecule has 3 nitrogen and oxygen atoms in total. The minimum Gasteiger partial charge on any atom is -0.507 e. The van der Waals surface area contributed by atoms with Crippen LogP contribution >= 0.6 is 0 Å². The van der Waals surface area contributed by atoms with Gasteiger partial charge in [-0.15, -0.1) is 0 Å². The molecule has 0 amide bonds. The topological polar surface area (TPSA) is 44.3 Å². The first kappa shape index (κ1) is 10.6. The molecular weight excluding hydrogens is 212 g/mol. The third kappa shape index (κ3) is 1.88. The smallest absolute Gasteiger partial charge is 0.123 e. The Morgan fingerprint density at radius 1 is 1.00 bits per heavy atom. The number of nitrogens with one attached hydrogen (secondary N) is 2. The summed E-state index contributed by atoms with van der Waals surface area (Å²) in [4.78, 5) is 0. The van der Waals surface area contributed by atoms with Crippen molar-refractivity contribution in [3.05, 3.63) is 42.0 Å². The van der Waals surface area contributed by atoms with Gasteiger partial charge in [-0.25, -0.2) is 0 Å². The van der Waals surface area contributed by atoms with Crippen molar-refractivity contribution < 1.29 is 5.11 Å². The molecular formula is C14H16N2O. The number of piperazine rings is 1. The summed E-state index contributed by atoms with van der Waals surface area (Å²) >= 11 is 0. The van der Waals surface area contributed by atoms with Gasteiger partial charge >= 0.3 is 0 Å². The third-order valence-electron chi connectivity index (χ3n) is 3.35. The zero-order valence-electron chi connectivity index (χ0n) is 9.61. The maximum atomic E-state index is 9.86. The van der Waals surface area contributed by atoms with Gasteiger partial charge in [0.15, 0.2) is 0 Å². The van der Waals surface area contributed by atoms with Crippen molar-refractivity contribution in [1.29, 1.82) is 0 Å². The van der Waals surface area contributed by atoms with Gasteiger partial charge in [0.25, 0.3) is 0 Å². The Labute approximate surface area is 100 Å². The van der Waals surface area contributed by atoms with E-state index < -0.39 is 0 Å². The molecule has 1 aliphatic rings.